The van der Waals surface area contributed by atoms with Crippen LogP contribution in [0, 0.1) is 34.9 Å². The molecular weight excluding hydrogens is 545 g/mol. The molecule has 2 N–H and O–H groups in total. The molecule has 194 valence electrons. The van der Waals surface area contributed by atoms with E-state index in [1.807, 2.05) is 0 Å². The third-order valence-electron chi connectivity index (χ3n) is 4.50. The van der Waals surface area contributed by atoms with E-state index in [-0.39, 0.29) is 28.0 Å². The first-order valence-electron chi connectivity index (χ1n) is 10.1. The molecule has 0 aliphatic heterocycles. The molecule has 37 heavy (non-hydrogen) atoms. The van der Waals surface area contributed by atoms with Crippen molar-refractivity contribution in [3.05, 3.63) is 119 Å². The van der Waals surface area contributed by atoms with E-state index in [1.54, 1.807) is 24.3 Å². The Bertz CT molecular complexity index is 1290. The van der Waals surface area contributed by atoms with Crippen molar-refractivity contribution in [3.8, 4) is 11.5 Å². The Balaban J connectivity index is 0.000000253. The average molecular weight is 561 g/mol. The van der Waals surface area contributed by atoms with Gasteiger partial charge in [-0.15, -0.1) is 0 Å². The molecule has 11 heteroatoms. The van der Waals surface area contributed by atoms with Crippen LogP contribution in [0.3, 0.4) is 0 Å². The predicted octanol–water partition coefficient (Wildman–Crippen LogP) is 7.12. The zero-order valence-corrected chi connectivity index (χ0v) is 19.4. The van der Waals surface area contributed by atoms with Gasteiger partial charge in [0, 0.05) is 64.3 Å². The van der Waals surface area contributed by atoms with E-state index in [9.17, 15) is 36.6 Å². The summed E-state index contributed by atoms with van der Waals surface area (Å²) < 4.78 is 78.4. The number of phenols is 2. The van der Waals surface area contributed by atoms with Crippen molar-refractivity contribution in [1.29, 1.82) is 0 Å². The molecule has 4 nitrogen and oxygen atoms in total. The zero-order chi connectivity index (χ0) is 26.2. The first kappa shape index (κ1) is 29.1. The smallest absolute Gasteiger partial charge is 0.154 e. The van der Waals surface area contributed by atoms with Gasteiger partial charge in [-0.25, -0.2) is 36.3 Å². The van der Waals surface area contributed by atoms with Crippen molar-refractivity contribution in [3.63, 3.8) is 0 Å². The van der Waals surface area contributed by atoms with E-state index in [1.165, 1.54) is 24.3 Å². The number of halogens is 6. The van der Waals surface area contributed by atoms with Crippen LogP contribution in [-0.4, -0.2) is 22.6 Å². The van der Waals surface area contributed by atoms with Gasteiger partial charge in [-0.3, -0.25) is 0 Å². The summed E-state index contributed by atoms with van der Waals surface area (Å²) in [5.74, 6) is -6.54. The van der Waals surface area contributed by atoms with Crippen molar-refractivity contribution >= 4 is 23.8 Å². The molecule has 0 unspecified atom stereocenters. The molecule has 4 rings (SSSR count). The van der Waals surface area contributed by atoms with Gasteiger partial charge in [0.05, 0.1) is 0 Å². The number of aromatic hydroxyl groups is 2. The minimum absolute atomic E-state index is 0. The molecule has 0 aliphatic rings. The predicted molar refractivity (Wildman–Crippen MR) is 123 cm³/mol. The third kappa shape index (κ3) is 7.95. The molecule has 0 bridgehead atoms. The topological polar surface area (TPSA) is 65.2 Å². The van der Waals surface area contributed by atoms with Gasteiger partial charge in [0.25, 0.3) is 0 Å². The van der Waals surface area contributed by atoms with Crippen molar-refractivity contribution < 1.29 is 53.0 Å². The first-order valence-corrected chi connectivity index (χ1v) is 10.1. The largest absolute Gasteiger partial charge is 0.507 e. The summed E-state index contributed by atoms with van der Waals surface area (Å²) in [5.41, 5.74) is -0.583. The molecule has 0 amide bonds. The molecule has 0 saturated heterocycles. The summed E-state index contributed by atoms with van der Waals surface area (Å²) in [7, 11) is 0. The van der Waals surface area contributed by atoms with Crippen LogP contribution in [0.5, 0.6) is 11.5 Å². The molecule has 0 heterocycles. The van der Waals surface area contributed by atoms with Crippen LogP contribution < -0.4 is 0 Å². The normalized spacial score (nSPS) is 10.8. The van der Waals surface area contributed by atoms with Crippen LogP contribution in [0.4, 0.5) is 37.7 Å². The second kappa shape index (κ2) is 13.3. The Labute approximate surface area is 217 Å². The fraction of sp³-hybridized carbons (Fsp3) is 0. The molecule has 0 fully saturated rings. The van der Waals surface area contributed by atoms with E-state index in [4.69, 9.17) is 0 Å². The van der Waals surface area contributed by atoms with E-state index >= 15 is 0 Å². The van der Waals surface area contributed by atoms with Gasteiger partial charge in [0.2, 0.25) is 0 Å². The van der Waals surface area contributed by atoms with Crippen molar-refractivity contribution in [2.75, 3.05) is 0 Å². The van der Waals surface area contributed by atoms with Gasteiger partial charge in [-0.1, -0.05) is 24.3 Å². The van der Waals surface area contributed by atoms with Crippen LogP contribution in [0.2, 0.25) is 0 Å². The SMILES string of the molecule is Oc1ccccc1C=Nc1c(F)cc(F)cc1F.Oc1ccccc1C=Nc1c(F)cc(F)cc1F.[Ni]. The van der Waals surface area contributed by atoms with Crippen LogP contribution in [0.15, 0.2) is 82.8 Å². The standard InChI is InChI=1S/2C13H8F3NO.Ni/c2*14-9-5-10(15)13(11(16)6-9)17-7-8-3-1-2-4-12(8)18;/h2*1-7,18H;. The summed E-state index contributed by atoms with van der Waals surface area (Å²) in [4.78, 5) is 7.15. The molecular formula is C26H16F6N2NiO2. The maximum Gasteiger partial charge on any atom is 0.154 e. The van der Waals surface area contributed by atoms with Gasteiger partial charge in [-0.05, 0) is 24.3 Å². The molecule has 0 saturated carbocycles. The molecule has 0 radical (unpaired) electrons. The summed E-state index contributed by atoms with van der Waals surface area (Å²) in [6, 6.07) is 14.5. The number of benzene rings is 4. The maximum atomic E-state index is 13.3. The fourth-order valence-corrected chi connectivity index (χ4v) is 2.78. The van der Waals surface area contributed by atoms with Gasteiger partial charge >= 0.3 is 0 Å². The molecule has 0 aliphatic carbocycles. The number of hydrogen-bond donors (Lipinski definition) is 2. The quantitative estimate of drug-likeness (QED) is 0.159. The minimum atomic E-state index is -1.10. The molecule has 0 atom stereocenters. The van der Waals surface area contributed by atoms with Crippen molar-refractivity contribution in [2.45, 2.75) is 0 Å². The van der Waals surface area contributed by atoms with Gasteiger partial charge < -0.3 is 10.2 Å². The van der Waals surface area contributed by atoms with Crippen LogP contribution in [-0.2, 0) is 16.5 Å². The number of hydrogen-bond acceptors (Lipinski definition) is 4. The summed E-state index contributed by atoms with van der Waals surface area (Å²) >= 11 is 0. The number of aliphatic imine (C=N–C) groups is 2. The molecule has 0 aromatic heterocycles. The number of para-hydroxylation sites is 2. The van der Waals surface area contributed by atoms with Crippen LogP contribution in [0.1, 0.15) is 11.1 Å². The first-order chi connectivity index (χ1) is 17.2. The van der Waals surface area contributed by atoms with Crippen LogP contribution >= 0.6 is 0 Å². The second-order valence-electron chi connectivity index (χ2n) is 7.07. The van der Waals surface area contributed by atoms with Crippen molar-refractivity contribution in [2.24, 2.45) is 9.98 Å². The monoisotopic (exact) mass is 560 g/mol. The summed E-state index contributed by atoms with van der Waals surface area (Å²) in [6.45, 7) is 0. The Morgan fingerprint density at radius 3 is 1.11 bits per heavy atom. The number of phenolic OH excluding ortho intramolecular Hbond substituents is 2. The second-order valence-corrected chi connectivity index (χ2v) is 7.07. The average Bonchev–Trinajstić information content (AvgIpc) is 2.80. The zero-order valence-electron chi connectivity index (χ0n) is 18.5. The Morgan fingerprint density at radius 2 is 0.811 bits per heavy atom. The van der Waals surface area contributed by atoms with E-state index in [2.05, 4.69) is 9.98 Å². The summed E-state index contributed by atoms with van der Waals surface area (Å²) in [6.07, 6.45) is 2.21. The van der Waals surface area contributed by atoms with Gasteiger partial charge in [0.1, 0.15) is 34.5 Å². The Kier molecular flexibility index (Phi) is 10.4. The third-order valence-corrected chi connectivity index (χ3v) is 4.50. The van der Waals surface area contributed by atoms with Crippen LogP contribution in [0.25, 0.3) is 0 Å². The Hall–Kier alpha value is -4.11. The van der Waals surface area contributed by atoms with Gasteiger partial charge in [-0.2, -0.15) is 0 Å². The maximum absolute atomic E-state index is 13.3. The molecule has 0 spiro atoms. The van der Waals surface area contributed by atoms with Crippen molar-refractivity contribution in [1.82, 2.24) is 0 Å². The number of rotatable bonds is 4. The summed E-state index contributed by atoms with van der Waals surface area (Å²) in [5, 5.41) is 18.9. The number of nitrogens with zero attached hydrogens (tertiary/aromatic N) is 2. The van der Waals surface area contributed by atoms with E-state index in [0.717, 1.165) is 12.4 Å². The minimum Gasteiger partial charge on any atom is -0.507 e. The Morgan fingerprint density at radius 1 is 0.514 bits per heavy atom. The van der Waals surface area contributed by atoms with Gasteiger partial charge in [0.15, 0.2) is 23.3 Å². The molecule has 4 aromatic carbocycles. The van der Waals surface area contributed by atoms with E-state index < -0.39 is 46.3 Å². The van der Waals surface area contributed by atoms with E-state index in [0.29, 0.717) is 35.4 Å². The fourth-order valence-electron chi connectivity index (χ4n) is 2.78. The molecule has 4 aromatic rings.